The van der Waals surface area contributed by atoms with Gasteiger partial charge in [-0.3, -0.25) is 9.48 Å². The third-order valence-electron chi connectivity index (χ3n) is 3.15. The van der Waals surface area contributed by atoms with Crippen molar-refractivity contribution in [3.8, 4) is 0 Å². The van der Waals surface area contributed by atoms with Crippen LogP contribution < -0.4 is 16.0 Å². The molecule has 2 heterocycles. The van der Waals surface area contributed by atoms with E-state index in [-0.39, 0.29) is 5.91 Å². The van der Waals surface area contributed by atoms with Crippen molar-refractivity contribution in [2.24, 2.45) is 7.05 Å². The average Bonchev–Trinajstić information content (AvgIpc) is 2.95. The van der Waals surface area contributed by atoms with Crippen LogP contribution in [0.15, 0.2) is 36.7 Å². The number of hydrogen-bond acceptors (Lipinski definition) is 4. The smallest absolute Gasteiger partial charge is 0.329 e. The predicted molar refractivity (Wildman–Crippen MR) is 72.8 cm³/mol. The first-order chi connectivity index (χ1) is 9.56. The van der Waals surface area contributed by atoms with Crippen molar-refractivity contribution < 1.29 is 9.59 Å². The van der Waals surface area contributed by atoms with Crippen molar-refractivity contribution in [3.63, 3.8) is 0 Å². The van der Waals surface area contributed by atoms with Gasteiger partial charge in [-0.2, -0.15) is 5.10 Å². The SMILES string of the molecule is Cn1cc(C2NC(=O)N(c3ccc(N)cc3)C2=O)cn1. The van der Waals surface area contributed by atoms with Crippen LogP contribution in [-0.4, -0.2) is 21.7 Å². The van der Waals surface area contributed by atoms with Gasteiger partial charge in [0.2, 0.25) is 0 Å². The van der Waals surface area contributed by atoms with E-state index >= 15 is 0 Å². The number of carbonyl (C=O) groups excluding carboxylic acids is 2. The van der Waals surface area contributed by atoms with E-state index in [0.717, 1.165) is 4.90 Å². The largest absolute Gasteiger partial charge is 0.399 e. The summed E-state index contributed by atoms with van der Waals surface area (Å²) in [6.07, 6.45) is 3.27. The van der Waals surface area contributed by atoms with E-state index in [0.29, 0.717) is 16.9 Å². The minimum atomic E-state index is -0.700. The van der Waals surface area contributed by atoms with Crippen molar-refractivity contribution >= 4 is 23.3 Å². The number of amides is 3. The van der Waals surface area contributed by atoms with E-state index in [9.17, 15) is 9.59 Å². The Balaban J connectivity index is 1.92. The lowest BCUT2D eigenvalue weighted by Crippen LogP contribution is -2.30. The molecule has 3 amide bonds. The minimum absolute atomic E-state index is 0.326. The van der Waals surface area contributed by atoms with E-state index in [1.54, 1.807) is 48.4 Å². The quantitative estimate of drug-likeness (QED) is 0.624. The molecule has 1 atom stereocenters. The number of aromatic nitrogens is 2. The standard InChI is InChI=1S/C13H13N5O2/c1-17-7-8(6-15-17)11-12(19)18(13(20)16-11)10-4-2-9(14)3-5-10/h2-7,11H,14H2,1H3,(H,16,20). The fourth-order valence-corrected chi connectivity index (χ4v) is 2.16. The molecule has 1 aromatic carbocycles. The topological polar surface area (TPSA) is 93.3 Å². The van der Waals surface area contributed by atoms with Crippen molar-refractivity contribution in [1.82, 2.24) is 15.1 Å². The van der Waals surface area contributed by atoms with Gasteiger partial charge in [-0.15, -0.1) is 0 Å². The monoisotopic (exact) mass is 271 g/mol. The molecule has 1 saturated heterocycles. The Morgan fingerprint density at radius 3 is 2.55 bits per heavy atom. The Bertz CT molecular complexity index is 676. The fourth-order valence-electron chi connectivity index (χ4n) is 2.16. The van der Waals surface area contributed by atoms with E-state index in [2.05, 4.69) is 10.4 Å². The van der Waals surface area contributed by atoms with Gasteiger partial charge in [0, 0.05) is 24.5 Å². The predicted octanol–water partition coefficient (Wildman–Crippen LogP) is 0.800. The van der Waals surface area contributed by atoms with Gasteiger partial charge in [0.1, 0.15) is 6.04 Å². The Kier molecular flexibility index (Phi) is 2.67. The molecule has 1 aromatic heterocycles. The number of nitrogen functional groups attached to an aromatic ring is 1. The van der Waals surface area contributed by atoms with Crippen LogP contribution in [0.4, 0.5) is 16.2 Å². The average molecular weight is 271 g/mol. The Hall–Kier alpha value is -2.83. The summed E-state index contributed by atoms with van der Waals surface area (Å²) in [7, 11) is 1.75. The van der Waals surface area contributed by atoms with Crippen LogP contribution in [0.3, 0.4) is 0 Å². The number of aryl methyl sites for hydroxylation is 1. The minimum Gasteiger partial charge on any atom is -0.399 e. The number of hydrogen-bond donors (Lipinski definition) is 2. The Morgan fingerprint density at radius 2 is 1.95 bits per heavy atom. The molecule has 1 aliphatic rings. The number of imide groups is 1. The summed E-state index contributed by atoms with van der Waals surface area (Å²) < 4.78 is 1.58. The van der Waals surface area contributed by atoms with Gasteiger partial charge in [-0.1, -0.05) is 0 Å². The van der Waals surface area contributed by atoms with Crippen LogP contribution in [0.2, 0.25) is 0 Å². The highest BCUT2D eigenvalue weighted by atomic mass is 16.2. The van der Waals surface area contributed by atoms with Crippen LogP contribution in [0.1, 0.15) is 11.6 Å². The molecule has 7 heteroatoms. The summed E-state index contributed by atoms with van der Waals surface area (Å²) >= 11 is 0. The third-order valence-corrected chi connectivity index (χ3v) is 3.15. The lowest BCUT2D eigenvalue weighted by atomic mass is 10.1. The summed E-state index contributed by atoms with van der Waals surface area (Å²) in [5, 5.41) is 6.66. The normalized spacial score (nSPS) is 18.4. The van der Waals surface area contributed by atoms with Crippen molar-refractivity contribution in [2.45, 2.75) is 6.04 Å². The van der Waals surface area contributed by atoms with E-state index < -0.39 is 12.1 Å². The molecule has 0 aliphatic carbocycles. The molecule has 2 aromatic rings. The first-order valence-electron chi connectivity index (χ1n) is 6.05. The Labute approximate surface area is 115 Å². The number of carbonyl (C=O) groups is 2. The molecule has 1 fully saturated rings. The molecule has 1 unspecified atom stereocenters. The highest BCUT2D eigenvalue weighted by Crippen LogP contribution is 2.27. The maximum absolute atomic E-state index is 12.4. The molecular weight excluding hydrogens is 258 g/mol. The first kappa shape index (κ1) is 12.2. The Morgan fingerprint density at radius 1 is 1.25 bits per heavy atom. The molecule has 7 nitrogen and oxygen atoms in total. The van der Waals surface area contributed by atoms with Gasteiger partial charge < -0.3 is 11.1 Å². The van der Waals surface area contributed by atoms with Crippen LogP contribution in [0, 0.1) is 0 Å². The lowest BCUT2D eigenvalue weighted by Gasteiger charge is -2.12. The molecular formula is C13H13N5O2. The summed E-state index contributed by atoms with van der Waals surface area (Å²) in [6, 6.07) is 5.42. The summed E-state index contributed by atoms with van der Waals surface area (Å²) in [4.78, 5) is 25.5. The number of nitrogens with two attached hydrogens (primary N) is 1. The van der Waals surface area contributed by atoms with Gasteiger partial charge in [0.05, 0.1) is 11.9 Å². The van der Waals surface area contributed by atoms with Gasteiger partial charge in [-0.05, 0) is 24.3 Å². The van der Waals surface area contributed by atoms with Crippen molar-refractivity contribution in [3.05, 3.63) is 42.2 Å². The zero-order valence-electron chi connectivity index (χ0n) is 10.8. The van der Waals surface area contributed by atoms with Gasteiger partial charge in [-0.25, -0.2) is 9.69 Å². The van der Waals surface area contributed by atoms with Crippen LogP contribution in [0.25, 0.3) is 0 Å². The molecule has 0 radical (unpaired) electrons. The van der Waals surface area contributed by atoms with E-state index in [1.165, 1.54) is 0 Å². The molecule has 3 rings (SSSR count). The zero-order valence-corrected chi connectivity index (χ0v) is 10.8. The molecule has 0 saturated carbocycles. The molecule has 0 bridgehead atoms. The molecule has 20 heavy (non-hydrogen) atoms. The third kappa shape index (κ3) is 1.89. The maximum Gasteiger partial charge on any atom is 0.329 e. The van der Waals surface area contributed by atoms with Gasteiger partial charge in [0.25, 0.3) is 5.91 Å². The highest BCUT2D eigenvalue weighted by molar-refractivity contribution is 6.21. The summed E-state index contributed by atoms with van der Waals surface area (Å²) in [6.45, 7) is 0. The maximum atomic E-state index is 12.4. The first-order valence-corrected chi connectivity index (χ1v) is 6.05. The van der Waals surface area contributed by atoms with Crippen molar-refractivity contribution in [1.29, 1.82) is 0 Å². The highest BCUT2D eigenvalue weighted by Gasteiger charge is 2.40. The molecule has 1 aliphatic heterocycles. The van der Waals surface area contributed by atoms with Gasteiger partial charge in [0.15, 0.2) is 0 Å². The van der Waals surface area contributed by atoms with E-state index in [4.69, 9.17) is 5.73 Å². The number of anilines is 2. The summed E-state index contributed by atoms with van der Waals surface area (Å²) in [5.74, 6) is -0.326. The lowest BCUT2D eigenvalue weighted by molar-refractivity contribution is -0.118. The van der Waals surface area contributed by atoms with Gasteiger partial charge >= 0.3 is 6.03 Å². The molecule has 3 N–H and O–H groups in total. The number of benzene rings is 1. The second-order valence-electron chi connectivity index (χ2n) is 4.60. The van der Waals surface area contributed by atoms with E-state index in [1.807, 2.05) is 0 Å². The van der Waals surface area contributed by atoms with Crippen LogP contribution in [-0.2, 0) is 11.8 Å². The molecule has 0 spiro atoms. The van der Waals surface area contributed by atoms with Crippen molar-refractivity contribution in [2.75, 3.05) is 10.6 Å². The molecule has 102 valence electrons. The number of nitrogens with zero attached hydrogens (tertiary/aromatic N) is 3. The second-order valence-corrected chi connectivity index (χ2v) is 4.60. The fraction of sp³-hybridized carbons (Fsp3) is 0.154. The number of rotatable bonds is 2. The summed E-state index contributed by atoms with van der Waals surface area (Å²) in [5.41, 5.74) is 7.32. The second kappa shape index (κ2) is 4.37. The zero-order chi connectivity index (χ0) is 14.3. The van der Waals surface area contributed by atoms with Crippen LogP contribution >= 0.6 is 0 Å². The van der Waals surface area contributed by atoms with Crippen LogP contribution in [0.5, 0.6) is 0 Å². The number of urea groups is 1. The number of nitrogens with one attached hydrogen (secondary N) is 1.